The second kappa shape index (κ2) is 6.10. The predicted octanol–water partition coefficient (Wildman–Crippen LogP) is 1.24. The first-order valence-electron chi connectivity index (χ1n) is 7.13. The molecule has 3 heterocycles. The summed E-state index contributed by atoms with van der Waals surface area (Å²) in [6.45, 7) is 4.25. The summed E-state index contributed by atoms with van der Waals surface area (Å²) in [5, 5.41) is 3.28. The van der Waals surface area contributed by atoms with Gasteiger partial charge in [0.25, 0.3) is 0 Å². The van der Waals surface area contributed by atoms with Crippen LogP contribution in [0.25, 0.3) is 0 Å². The summed E-state index contributed by atoms with van der Waals surface area (Å²) in [7, 11) is 0. The number of carbonyl (C=O) groups excluding carboxylic acids is 1. The molecule has 0 spiro atoms. The molecule has 1 aromatic heterocycles. The summed E-state index contributed by atoms with van der Waals surface area (Å²) in [4.78, 5) is 20.9. The van der Waals surface area contributed by atoms with E-state index in [4.69, 9.17) is 0 Å². The van der Waals surface area contributed by atoms with Crippen LogP contribution in [-0.4, -0.2) is 54.6 Å². The third-order valence-corrected chi connectivity index (χ3v) is 4.45. The van der Waals surface area contributed by atoms with Gasteiger partial charge in [0.15, 0.2) is 0 Å². The third kappa shape index (κ3) is 2.96. The molecule has 0 aromatic carbocycles. The molecule has 1 N–H and O–H groups in total. The van der Waals surface area contributed by atoms with E-state index in [1.54, 1.807) is 0 Å². The Hall–Kier alpha value is -1.14. The van der Waals surface area contributed by atoms with Gasteiger partial charge in [-0.3, -0.25) is 4.79 Å². The van der Waals surface area contributed by atoms with Crippen molar-refractivity contribution in [2.24, 2.45) is 0 Å². The van der Waals surface area contributed by atoms with Crippen LogP contribution in [0.3, 0.4) is 0 Å². The van der Waals surface area contributed by atoms with Crippen LogP contribution in [0.5, 0.6) is 0 Å². The molecule has 1 unspecified atom stereocenters. The van der Waals surface area contributed by atoms with E-state index in [2.05, 4.69) is 31.1 Å². The molecule has 1 atom stereocenters. The molecule has 2 saturated heterocycles. The average Bonchev–Trinajstić information content (AvgIpc) is 3.02. The van der Waals surface area contributed by atoms with E-state index in [9.17, 15) is 4.79 Å². The number of aromatic nitrogens is 1. The quantitative estimate of drug-likeness (QED) is 0.881. The normalized spacial score (nSPS) is 23.1. The van der Waals surface area contributed by atoms with Gasteiger partial charge in [0, 0.05) is 36.8 Å². The molecule has 2 aliphatic rings. The summed E-state index contributed by atoms with van der Waals surface area (Å²) < 4.78 is 0.988. The summed E-state index contributed by atoms with van der Waals surface area (Å²) in [6, 6.07) is 4.06. The molecule has 1 aromatic rings. The summed E-state index contributed by atoms with van der Waals surface area (Å²) in [6.07, 6.45) is 3.90. The van der Waals surface area contributed by atoms with Crippen molar-refractivity contribution in [3.63, 3.8) is 0 Å². The van der Waals surface area contributed by atoms with Gasteiger partial charge in [-0.15, -0.1) is 0 Å². The number of anilines is 1. The van der Waals surface area contributed by atoms with Crippen molar-refractivity contribution in [2.45, 2.75) is 18.9 Å². The van der Waals surface area contributed by atoms with E-state index in [1.165, 1.54) is 0 Å². The van der Waals surface area contributed by atoms with Crippen molar-refractivity contribution < 1.29 is 4.79 Å². The molecular formula is C14H19BrN4O. The number of hydrogen-bond acceptors (Lipinski definition) is 4. The maximum absolute atomic E-state index is 12.3. The molecule has 20 heavy (non-hydrogen) atoms. The van der Waals surface area contributed by atoms with E-state index in [0.29, 0.717) is 0 Å². The maximum atomic E-state index is 12.3. The first-order valence-corrected chi connectivity index (χ1v) is 7.92. The average molecular weight is 339 g/mol. The molecule has 108 valence electrons. The summed E-state index contributed by atoms with van der Waals surface area (Å²) in [5.74, 6) is 1.25. The van der Waals surface area contributed by atoms with Gasteiger partial charge in [-0.1, -0.05) is 0 Å². The predicted molar refractivity (Wildman–Crippen MR) is 81.8 cm³/mol. The van der Waals surface area contributed by atoms with Gasteiger partial charge in [-0.05, 0) is 47.4 Å². The Balaban J connectivity index is 1.56. The molecule has 0 aliphatic carbocycles. The van der Waals surface area contributed by atoms with E-state index < -0.39 is 0 Å². The van der Waals surface area contributed by atoms with E-state index >= 15 is 0 Å². The second-order valence-electron chi connectivity index (χ2n) is 5.30. The van der Waals surface area contributed by atoms with E-state index in [0.717, 1.165) is 55.9 Å². The number of nitrogens with one attached hydrogen (secondary N) is 1. The van der Waals surface area contributed by atoms with Crippen molar-refractivity contribution in [3.8, 4) is 0 Å². The minimum atomic E-state index is 0.0485. The highest BCUT2D eigenvalue weighted by molar-refractivity contribution is 9.10. The maximum Gasteiger partial charge on any atom is 0.239 e. The Morgan fingerprint density at radius 1 is 1.30 bits per heavy atom. The highest BCUT2D eigenvalue weighted by Gasteiger charge is 2.29. The number of carbonyl (C=O) groups is 1. The molecule has 3 rings (SSSR count). The molecule has 1 amide bonds. The zero-order chi connectivity index (χ0) is 13.9. The second-order valence-corrected chi connectivity index (χ2v) is 6.21. The molecule has 0 bridgehead atoms. The van der Waals surface area contributed by atoms with Crippen molar-refractivity contribution in [1.82, 2.24) is 15.2 Å². The third-order valence-electron chi connectivity index (χ3n) is 3.99. The van der Waals surface area contributed by atoms with Crippen LogP contribution in [0.4, 0.5) is 5.82 Å². The van der Waals surface area contributed by atoms with Gasteiger partial charge in [0.2, 0.25) is 5.91 Å². The first-order chi connectivity index (χ1) is 9.74. The fourth-order valence-corrected chi connectivity index (χ4v) is 3.06. The standard InChI is InChI=1S/C14H19BrN4O/c15-11-3-4-13(17-10-11)18-6-8-19(9-7-18)14(20)12-2-1-5-16-12/h3-4,10,12,16H,1-2,5-9H2. The van der Waals surface area contributed by atoms with Gasteiger partial charge in [-0.2, -0.15) is 0 Å². The summed E-state index contributed by atoms with van der Waals surface area (Å²) >= 11 is 3.39. The van der Waals surface area contributed by atoms with Crippen molar-refractivity contribution >= 4 is 27.7 Å². The van der Waals surface area contributed by atoms with Crippen LogP contribution < -0.4 is 10.2 Å². The Kier molecular flexibility index (Phi) is 4.21. The van der Waals surface area contributed by atoms with Crippen molar-refractivity contribution in [3.05, 3.63) is 22.8 Å². The molecule has 6 heteroatoms. The monoisotopic (exact) mass is 338 g/mol. The number of amides is 1. The fraction of sp³-hybridized carbons (Fsp3) is 0.571. The molecular weight excluding hydrogens is 320 g/mol. The smallest absolute Gasteiger partial charge is 0.239 e. The SMILES string of the molecule is O=C(C1CCCN1)N1CCN(c2ccc(Br)cn2)CC1. The topological polar surface area (TPSA) is 48.5 Å². The van der Waals surface area contributed by atoms with Crippen LogP contribution >= 0.6 is 15.9 Å². The lowest BCUT2D eigenvalue weighted by atomic mass is 10.2. The molecule has 2 fully saturated rings. The van der Waals surface area contributed by atoms with Crippen LogP contribution in [0, 0.1) is 0 Å². The lowest BCUT2D eigenvalue weighted by Gasteiger charge is -2.36. The Labute approximate surface area is 127 Å². The molecule has 0 saturated carbocycles. The molecule has 2 aliphatic heterocycles. The first kappa shape index (κ1) is 13.8. The van der Waals surface area contributed by atoms with Gasteiger partial charge >= 0.3 is 0 Å². The number of piperazine rings is 1. The minimum Gasteiger partial charge on any atom is -0.353 e. The van der Waals surface area contributed by atoms with Gasteiger partial charge < -0.3 is 15.1 Å². The van der Waals surface area contributed by atoms with Crippen molar-refractivity contribution in [1.29, 1.82) is 0 Å². The Morgan fingerprint density at radius 3 is 2.70 bits per heavy atom. The van der Waals surface area contributed by atoms with Crippen LogP contribution in [0.1, 0.15) is 12.8 Å². The Bertz CT molecular complexity index is 465. The number of hydrogen-bond donors (Lipinski definition) is 1. The van der Waals surface area contributed by atoms with Gasteiger partial charge in [-0.25, -0.2) is 4.98 Å². The number of nitrogens with zero attached hydrogens (tertiary/aromatic N) is 3. The number of halogens is 1. The van der Waals surface area contributed by atoms with Gasteiger partial charge in [0.05, 0.1) is 6.04 Å². The van der Waals surface area contributed by atoms with Crippen LogP contribution in [0.2, 0.25) is 0 Å². The van der Waals surface area contributed by atoms with E-state index in [-0.39, 0.29) is 11.9 Å². The number of rotatable bonds is 2. The van der Waals surface area contributed by atoms with Gasteiger partial charge in [0.1, 0.15) is 5.82 Å². The minimum absolute atomic E-state index is 0.0485. The van der Waals surface area contributed by atoms with Crippen LogP contribution in [-0.2, 0) is 4.79 Å². The highest BCUT2D eigenvalue weighted by atomic mass is 79.9. The van der Waals surface area contributed by atoms with Crippen LogP contribution in [0.15, 0.2) is 22.8 Å². The summed E-state index contributed by atoms with van der Waals surface area (Å²) in [5.41, 5.74) is 0. The Morgan fingerprint density at radius 2 is 2.10 bits per heavy atom. The van der Waals surface area contributed by atoms with Crippen molar-refractivity contribution in [2.75, 3.05) is 37.6 Å². The lowest BCUT2D eigenvalue weighted by molar-refractivity contribution is -0.133. The number of pyridine rings is 1. The largest absolute Gasteiger partial charge is 0.353 e. The fourth-order valence-electron chi connectivity index (χ4n) is 2.83. The molecule has 5 nitrogen and oxygen atoms in total. The van der Waals surface area contributed by atoms with E-state index in [1.807, 2.05) is 23.2 Å². The molecule has 0 radical (unpaired) electrons. The highest BCUT2D eigenvalue weighted by Crippen LogP contribution is 2.17. The lowest BCUT2D eigenvalue weighted by Crippen LogP contribution is -2.53. The zero-order valence-corrected chi connectivity index (χ0v) is 13.0. The zero-order valence-electron chi connectivity index (χ0n) is 11.4.